The predicted molar refractivity (Wildman–Crippen MR) is 122 cm³/mol. The Kier molecular flexibility index (Phi) is 10.7. The zero-order valence-electron chi connectivity index (χ0n) is 19.9. The molecule has 4 N–H and O–H groups in total. The van der Waals surface area contributed by atoms with Crippen LogP contribution in [0.4, 0.5) is 17.6 Å². The Balaban J connectivity index is 1.93. The molecule has 3 amide bonds. The van der Waals surface area contributed by atoms with Crippen LogP contribution in [0.1, 0.15) is 18.9 Å². The zero-order chi connectivity index (χ0) is 28.4. The van der Waals surface area contributed by atoms with Crippen molar-refractivity contribution in [1.29, 1.82) is 0 Å². The summed E-state index contributed by atoms with van der Waals surface area (Å²) in [6.07, 6.45) is -0.565. The van der Waals surface area contributed by atoms with E-state index in [-0.39, 0.29) is 12.6 Å². The first-order valence-corrected chi connectivity index (χ1v) is 11.0. The van der Waals surface area contributed by atoms with E-state index in [4.69, 9.17) is 5.11 Å². The molecule has 2 atom stereocenters. The highest BCUT2D eigenvalue weighted by atomic mass is 19.2. The third-order valence-corrected chi connectivity index (χ3v) is 5.00. The Hall–Kier alpha value is -4.49. The third kappa shape index (κ3) is 8.57. The first kappa shape index (κ1) is 29.7. The number of amides is 3. The number of halogens is 4. The summed E-state index contributed by atoms with van der Waals surface area (Å²) in [5.41, 5.74) is 0.909. The summed E-state index contributed by atoms with van der Waals surface area (Å²) < 4.78 is 58.5. The number of benzene rings is 2. The average molecular weight is 541 g/mol. The Morgan fingerprint density at radius 1 is 0.921 bits per heavy atom. The highest BCUT2D eigenvalue weighted by molar-refractivity contribution is 6.35. The predicted octanol–water partition coefficient (Wildman–Crippen LogP) is 1.01. The monoisotopic (exact) mass is 541 g/mol. The highest BCUT2D eigenvalue weighted by Gasteiger charge is 2.29. The molecule has 0 bridgehead atoms. The third-order valence-electron chi connectivity index (χ3n) is 5.00. The van der Waals surface area contributed by atoms with Crippen LogP contribution in [0.3, 0.4) is 0 Å². The molecule has 0 aliphatic rings. The van der Waals surface area contributed by atoms with Gasteiger partial charge >= 0.3 is 17.8 Å². The molecule has 0 radical (unpaired) electrons. The SMILES string of the molecule is C[C@@H](NC(=O)C(=O)NCCc1ccccc1)C(=O)N[C@@H](CC(=O)O)C(=O)COc1c(F)c(F)cc(F)c1F. The number of hydrogen-bond donors (Lipinski definition) is 4. The normalized spacial score (nSPS) is 12.1. The minimum atomic E-state index is -1.92. The van der Waals surface area contributed by atoms with Crippen molar-refractivity contribution in [2.45, 2.75) is 31.8 Å². The fourth-order valence-corrected chi connectivity index (χ4v) is 3.01. The number of carboxylic acid groups (broad SMARTS) is 1. The Morgan fingerprint density at radius 3 is 2.11 bits per heavy atom. The van der Waals surface area contributed by atoms with E-state index in [0.717, 1.165) is 12.5 Å². The number of nitrogens with one attached hydrogen (secondary N) is 3. The number of ether oxygens (including phenoxy) is 1. The maximum atomic E-state index is 13.7. The summed E-state index contributed by atoms with van der Waals surface area (Å²) >= 11 is 0. The molecule has 2 aromatic carbocycles. The quantitative estimate of drug-likeness (QED) is 0.178. The topological polar surface area (TPSA) is 151 Å². The second-order valence-electron chi connectivity index (χ2n) is 7.90. The maximum Gasteiger partial charge on any atom is 0.309 e. The molecule has 0 saturated carbocycles. The Morgan fingerprint density at radius 2 is 1.53 bits per heavy atom. The van der Waals surface area contributed by atoms with Crippen LogP contribution < -0.4 is 20.7 Å². The summed E-state index contributed by atoms with van der Waals surface area (Å²) in [5, 5.41) is 15.5. The van der Waals surface area contributed by atoms with Crippen molar-refractivity contribution in [3.05, 3.63) is 65.2 Å². The van der Waals surface area contributed by atoms with Crippen molar-refractivity contribution in [2.24, 2.45) is 0 Å². The number of carbonyl (C=O) groups excluding carboxylic acids is 4. The van der Waals surface area contributed by atoms with Crippen molar-refractivity contribution in [1.82, 2.24) is 16.0 Å². The van der Waals surface area contributed by atoms with Gasteiger partial charge in [-0.25, -0.2) is 8.78 Å². The molecule has 2 rings (SSSR count). The van der Waals surface area contributed by atoms with Crippen molar-refractivity contribution >= 4 is 29.5 Å². The second-order valence-corrected chi connectivity index (χ2v) is 7.90. The fraction of sp³-hybridized carbons (Fsp3) is 0.292. The van der Waals surface area contributed by atoms with Crippen LogP contribution in [-0.2, 0) is 30.4 Å². The van der Waals surface area contributed by atoms with Crippen LogP contribution in [-0.4, -0.2) is 59.8 Å². The van der Waals surface area contributed by atoms with E-state index in [1.807, 2.05) is 23.5 Å². The van der Waals surface area contributed by atoms with Gasteiger partial charge in [0.15, 0.2) is 23.2 Å². The van der Waals surface area contributed by atoms with Gasteiger partial charge in [0.2, 0.25) is 17.5 Å². The molecule has 2 aromatic rings. The molecule has 14 heteroatoms. The molecular formula is C24H23F4N3O7. The van der Waals surface area contributed by atoms with Gasteiger partial charge in [-0.2, -0.15) is 8.78 Å². The van der Waals surface area contributed by atoms with E-state index in [2.05, 4.69) is 15.4 Å². The van der Waals surface area contributed by atoms with E-state index in [1.165, 1.54) is 0 Å². The van der Waals surface area contributed by atoms with Crippen molar-refractivity contribution in [2.75, 3.05) is 13.2 Å². The van der Waals surface area contributed by atoms with Crippen LogP contribution in [0.5, 0.6) is 5.75 Å². The molecule has 0 heterocycles. The first-order chi connectivity index (χ1) is 17.9. The number of aliphatic carboxylic acids is 1. The lowest BCUT2D eigenvalue weighted by molar-refractivity contribution is -0.141. The fourth-order valence-electron chi connectivity index (χ4n) is 3.01. The molecule has 0 spiro atoms. The lowest BCUT2D eigenvalue weighted by Gasteiger charge is -2.20. The van der Waals surface area contributed by atoms with Gasteiger partial charge in [-0.3, -0.25) is 24.0 Å². The van der Waals surface area contributed by atoms with E-state index >= 15 is 0 Å². The number of carbonyl (C=O) groups is 5. The smallest absolute Gasteiger partial charge is 0.309 e. The van der Waals surface area contributed by atoms with Crippen LogP contribution in [0.15, 0.2) is 36.4 Å². The van der Waals surface area contributed by atoms with Gasteiger partial charge in [0.1, 0.15) is 18.7 Å². The van der Waals surface area contributed by atoms with Gasteiger partial charge in [0.25, 0.3) is 0 Å². The average Bonchev–Trinajstić information content (AvgIpc) is 2.87. The van der Waals surface area contributed by atoms with Crippen molar-refractivity contribution < 1.29 is 51.4 Å². The van der Waals surface area contributed by atoms with Gasteiger partial charge < -0.3 is 25.8 Å². The standard InChI is InChI=1S/C24H23F4N3O7/c1-12(30-24(37)23(36)29-8-7-13-5-3-2-4-6-13)22(35)31-16(10-18(33)34)17(32)11-38-21-19(27)14(25)9-15(26)20(21)28/h2-6,9,12,16H,7-8,10-11H2,1H3,(H,29,36)(H,30,37)(H,31,35)(H,33,34)/t12-,16+/m1/s1. The second kappa shape index (κ2) is 13.7. The van der Waals surface area contributed by atoms with Crippen LogP contribution in [0, 0.1) is 23.3 Å². The highest BCUT2D eigenvalue weighted by Crippen LogP contribution is 2.26. The van der Waals surface area contributed by atoms with Crippen LogP contribution in [0.25, 0.3) is 0 Å². The molecule has 0 aliphatic carbocycles. The minimum absolute atomic E-state index is 0.0773. The van der Waals surface area contributed by atoms with Crippen molar-refractivity contribution in [3.8, 4) is 5.75 Å². The lowest BCUT2D eigenvalue weighted by Crippen LogP contribution is -2.53. The lowest BCUT2D eigenvalue weighted by atomic mass is 10.1. The summed E-state index contributed by atoms with van der Waals surface area (Å²) in [6.45, 7) is 0.00547. The molecule has 38 heavy (non-hydrogen) atoms. The molecule has 204 valence electrons. The van der Waals surface area contributed by atoms with E-state index in [9.17, 15) is 41.5 Å². The number of rotatable bonds is 12. The van der Waals surface area contributed by atoms with Gasteiger partial charge in [-0.15, -0.1) is 0 Å². The molecular weight excluding hydrogens is 518 g/mol. The summed E-state index contributed by atoms with van der Waals surface area (Å²) in [7, 11) is 0. The van der Waals surface area contributed by atoms with Crippen LogP contribution in [0.2, 0.25) is 0 Å². The summed E-state index contributed by atoms with van der Waals surface area (Å²) in [4.78, 5) is 59.9. The maximum absolute atomic E-state index is 13.7. The molecule has 10 nitrogen and oxygen atoms in total. The molecule has 0 saturated heterocycles. The summed E-state index contributed by atoms with van der Waals surface area (Å²) in [6, 6.07) is 5.75. The Bertz CT molecular complexity index is 1180. The van der Waals surface area contributed by atoms with Crippen LogP contribution >= 0.6 is 0 Å². The Labute approximate surface area is 213 Å². The molecule has 0 aromatic heterocycles. The van der Waals surface area contributed by atoms with E-state index < -0.39 is 83.6 Å². The largest absolute Gasteiger partial charge is 0.481 e. The number of hydrogen-bond acceptors (Lipinski definition) is 6. The van der Waals surface area contributed by atoms with E-state index in [0.29, 0.717) is 6.42 Å². The van der Waals surface area contributed by atoms with Gasteiger partial charge in [0.05, 0.1) is 6.42 Å². The summed E-state index contributed by atoms with van der Waals surface area (Å²) in [5.74, 6) is -15.1. The molecule has 0 aliphatic heterocycles. The zero-order valence-corrected chi connectivity index (χ0v) is 19.9. The van der Waals surface area contributed by atoms with Gasteiger partial charge in [0, 0.05) is 12.6 Å². The number of Topliss-reactive ketones (excluding diaryl/α,β-unsaturated/α-hetero) is 1. The number of ketones is 1. The number of carboxylic acids is 1. The van der Waals surface area contributed by atoms with Gasteiger partial charge in [-0.05, 0) is 18.9 Å². The minimum Gasteiger partial charge on any atom is -0.481 e. The van der Waals surface area contributed by atoms with E-state index in [1.54, 1.807) is 12.1 Å². The van der Waals surface area contributed by atoms with Crippen molar-refractivity contribution in [3.63, 3.8) is 0 Å². The first-order valence-electron chi connectivity index (χ1n) is 11.0. The molecule has 0 fully saturated rings. The molecule has 0 unspecified atom stereocenters. The van der Waals surface area contributed by atoms with Gasteiger partial charge in [-0.1, -0.05) is 30.3 Å².